The first-order valence-electron chi connectivity index (χ1n) is 6.17. The van der Waals surface area contributed by atoms with Gasteiger partial charge in [0.2, 0.25) is 0 Å². The summed E-state index contributed by atoms with van der Waals surface area (Å²) in [7, 11) is 1.63. The van der Waals surface area contributed by atoms with Crippen LogP contribution in [0.25, 0.3) is 22.0 Å². The SMILES string of the molecule is COc1ccc2ncc(-c3c(Cl)cc(Cl)cc3Cl)cc2c1. The van der Waals surface area contributed by atoms with Crippen LogP contribution in [0.5, 0.6) is 5.75 Å². The molecule has 0 atom stereocenters. The van der Waals surface area contributed by atoms with E-state index >= 15 is 0 Å². The lowest BCUT2D eigenvalue weighted by molar-refractivity contribution is 0.415. The summed E-state index contributed by atoms with van der Waals surface area (Å²) in [5, 5.41) is 2.45. The molecule has 3 aromatic rings. The van der Waals surface area contributed by atoms with Crippen molar-refractivity contribution in [2.75, 3.05) is 7.11 Å². The maximum atomic E-state index is 6.26. The molecule has 0 fully saturated rings. The third kappa shape index (κ3) is 2.80. The first-order valence-corrected chi connectivity index (χ1v) is 7.30. The second-order valence-corrected chi connectivity index (χ2v) is 5.78. The van der Waals surface area contributed by atoms with Gasteiger partial charge in [-0.25, -0.2) is 0 Å². The highest BCUT2D eigenvalue weighted by Gasteiger charge is 2.11. The number of hydrogen-bond acceptors (Lipinski definition) is 2. The minimum Gasteiger partial charge on any atom is -0.497 e. The summed E-state index contributed by atoms with van der Waals surface area (Å²) in [5.41, 5.74) is 2.43. The summed E-state index contributed by atoms with van der Waals surface area (Å²) in [4.78, 5) is 4.43. The Morgan fingerprint density at radius 2 is 1.67 bits per heavy atom. The van der Waals surface area contributed by atoms with E-state index in [1.807, 2.05) is 24.3 Å². The first-order chi connectivity index (χ1) is 10.1. The van der Waals surface area contributed by atoms with E-state index in [2.05, 4.69) is 4.98 Å². The molecular weight excluding hydrogens is 329 g/mol. The molecule has 0 saturated heterocycles. The van der Waals surface area contributed by atoms with Gasteiger partial charge in [0.15, 0.2) is 0 Å². The van der Waals surface area contributed by atoms with Gasteiger partial charge in [0.05, 0.1) is 22.7 Å². The minimum absolute atomic E-state index is 0.497. The van der Waals surface area contributed by atoms with Gasteiger partial charge in [0.25, 0.3) is 0 Å². The van der Waals surface area contributed by atoms with Gasteiger partial charge in [0.1, 0.15) is 5.75 Å². The second kappa shape index (κ2) is 5.72. The van der Waals surface area contributed by atoms with Crippen LogP contribution in [-0.2, 0) is 0 Å². The molecular formula is C16H10Cl3NO. The molecule has 0 unspecified atom stereocenters. The molecule has 0 aliphatic rings. The van der Waals surface area contributed by atoms with Crippen LogP contribution in [0.15, 0.2) is 42.6 Å². The molecule has 21 heavy (non-hydrogen) atoms. The summed E-state index contributed by atoms with van der Waals surface area (Å²) < 4.78 is 5.23. The number of halogens is 3. The van der Waals surface area contributed by atoms with E-state index in [4.69, 9.17) is 39.5 Å². The highest BCUT2D eigenvalue weighted by atomic mass is 35.5. The highest BCUT2D eigenvalue weighted by Crippen LogP contribution is 2.38. The lowest BCUT2D eigenvalue weighted by atomic mass is 10.1. The molecule has 3 rings (SSSR count). The van der Waals surface area contributed by atoms with Gasteiger partial charge in [0, 0.05) is 27.7 Å². The van der Waals surface area contributed by atoms with Crippen molar-refractivity contribution in [3.05, 3.63) is 57.7 Å². The van der Waals surface area contributed by atoms with Crippen LogP contribution in [0.4, 0.5) is 0 Å². The number of pyridine rings is 1. The third-order valence-corrected chi connectivity index (χ3v) is 4.00. The molecule has 0 aliphatic heterocycles. The van der Waals surface area contributed by atoms with Crippen LogP contribution in [0.2, 0.25) is 15.1 Å². The van der Waals surface area contributed by atoms with E-state index in [1.54, 1.807) is 25.4 Å². The zero-order valence-corrected chi connectivity index (χ0v) is 13.3. The molecule has 1 aromatic heterocycles. The normalized spacial score (nSPS) is 10.9. The molecule has 5 heteroatoms. The van der Waals surface area contributed by atoms with Crippen LogP contribution in [0.3, 0.4) is 0 Å². The van der Waals surface area contributed by atoms with E-state index in [0.29, 0.717) is 15.1 Å². The number of hydrogen-bond donors (Lipinski definition) is 0. The van der Waals surface area contributed by atoms with Crippen LogP contribution in [0.1, 0.15) is 0 Å². The predicted molar refractivity (Wildman–Crippen MR) is 88.8 cm³/mol. The fourth-order valence-electron chi connectivity index (χ4n) is 2.19. The number of rotatable bonds is 2. The van der Waals surface area contributed by atoms with Gasteiger partial charge in [-0.2, -0.15) is 0 Å². The van der Waals surface area contributed by atoms with E-state index in [1.165, 1.54) is 0 Å². The highest BCUT2D eigenvalue weighted by molar-refractivity contribution is 6.41. The van der Waals surface area contributed by atoms with Crippen LogP contribution in [-0.4, -0.2) is 12.1 Å². The van der Waals surface area contributed by atoms with Gasteiger partial charge >= 0.3 is 0 Å². The van der Waals surface area contributed by atoms with Crippen molar-refractivity contribution in [1.29, 1.82) is 0 Å². The molecule has 0 saturated carbocycles. The minimum atomic E-state index is 0.497. The average Bonchev–Trinajstić information content (AvgIpc) is 2.45. The summed E-state index contributed by atoms with van der Waals surface area (Å²) in [6.07, 6.45) is 1.75. The van der Waals surface area contributed by atoms with Gasteiger partial charge in [-0.1, -0.05) is 34.8 Å². The molecule has 0 aliphatic carbocycles. The Hall–Kier alpha value is -1.48. The molecule has 0 radical (unpaired) electrons. The fourth-order valence-corrected chi connectivity index (χ4v) is 3.23. The maximum absolute atomic E-state index is 6.26. The smallest absolute Gasteiger partial charge is 0.119 e. The number of benzene rings is 2. The van der Waals surface area contributed by atoms with Gasteiger partial charge in [-0.3, -0.25) is 4.98 Å². The fraction of sp³-hybridized carbons (Fsp3) is 0.0625. The predicted octanol–water partition coefficient (Wildman–Crippen LogP) is 5.87. The lowest BCUT2D eigenvalue weighted by Crippen LogP contribution is -1.87. The van der Waals surface area contributed by atoms with Crippen molar-refractivity contribution in [3.8, 4) is 16.9 Å². The number of fused-ring (bicyclic) bond motifs is 1. The third-order valence-electron chi connectivity index (χ3n) is 3.18. The number of ether oxygens (including phenoxy) is 1. The molecule has 2 aromatic carbocycles. The average molecular weight is 339 g/mol. The van der Waals surface area contributed by atoms with E-state index in [0.717, 1.165) is 27.8 Å². The molecule has 0 amide bonds. The Labute approximate surface area is 137 Å². The molecule has 0 spiro atoms. The lowest BCUT2D eigenvalue weighted by Gasteiger charge is -2.09. The van der Waals surface area contributed by atoms with Crippen molar-refractivity contribution in [1.82, 2.24) is 4.98 Å². The van der Waals surface area contributed by atoms with Crippen LogP contribution < -0.4 is 4.74 Å². The maximum Gasteiger partial charge on any atom is 0.119 e. The molecule has 0 bridgehead atoms. The molecule has 0 N–H and O–H groups in total. The van der Waals surface area contributed by atoms with Crippen molar-refractivity contribution in [2.24, 2.45) is 0 Å². The van der Waals surface area contributed by atoms with Gasteiger partial charge in [-0.15, -0.1) is 0 Å². The van der Waals surface area contributed by atoms with Crippen LogP contribution in [0, 0.1) is 0 Å². The van der Waals surface area contributed by atoms with Crippen molar-refractivity contribution >= 4 is 45.7 Å². The Balaban J connectivity index is 2.21. The van der Waals surface area contributed by atoms with E-state index in [-0.39, 0.29) is 0 Å². The quantitative estimate of drug-likeness (QED) is 0.583. The molecule has 1 heterocycles. The van der Waals surface area contributed by atoms with Crippen LogP contribution >= 0.6 is 34.8 Å². The summed E-state index contributed by atoms with van der Waals surface area (Å²) in [6, 6.07) is 11.0. The Morgan fingerprint density at radius 3 is 2.33 bits per heavy atom. The van der Waals surface area contributed by atoms with Crippen molar-refractivity contribution < 1.29 is 4.74 Å². The summed E-state index contributed by atoms with van der Waals surface area (Å²) in [6.45, 7) is 0. The van der Waals surface area contributed by atoms with E-state index in [9.17, 15) is 0 Å². The largest absolute Gasteiger partial charge is 0.497 e. The zero-order valence-electron chi connectivity index (χ0n) is 11.0. The van der Waals surface area contributed by atoms with Crippen molar-refractivity contribution in [3.63, 3.8) is 0 Å². The second-order valence-electron chi connectivity index (χ2n) is 4.53. The van der Waals surface area contributed by atoms with Crippen molar-refractivity contribution in [2.45, 2.75) is 0 Å². The summed E-state index contributed by atoms with van der Waals surface area (Å²) in [5.74, 6) is 0.773. The number of nitrogens with zero attached hydrogens (tertiary/aromatic N) is 1. The van der Waals surface area contributed by atoms with Gasteiger partial charge < -0.3 is 4.74 Å². The Morgan fingerprint density at radius 1 is 0.952 bits per heavy atom. The Bertz CT molecular complexity index is 810. The monoisotopic (exact) mass is 337 g/mol. The molecule has 106 valence electrons. The Kier molecular flexibility index (Phi) is 3.94. The van der Waals surface area contributed by atoms with E-state index < -0.39 is 0 Å². The summed E-state index contributed by atoms with van der Waals surface area (Å²) >= 11 is 18.5. The topological polar surface area (TPSA) is 22.1 Å². The molecule has 2 nitrogen and oxygen atoms in total. The number of aromatic nitrogens is 1. The standard InChI is InChI=1S/C16H10Cl3NO/c1-21-12-2-3-15-9(5-12)4-10(8-20-15)16-13(18)6-11(17)7-14(16)19/h2-8H,1H3. The van der Waals surface area contributed by atoms with Gasteiger partial charge in [-0.05, 0) is 36.4 Å². The number of methoxy groups -OCH3 is 1. The first kappa shape index (κ1) is 14.5. The zero-order chi connectivity index (χ0) is 15.0.